The molecule has 4 heterocycles. The Hall–Kier alpha value is -3.43. The van der Waals surface area contributed by atoms with E-state index in [4.69, 9.17) is 9.72 Å². The highest BCUT2D eigenvalue weighted by Crippen LogP contribution is 2.29. The lowest BCUT2D eigenvalue weighted by molar-refractivity contribution is 0.0929. The first-order valence-corrected chi connectivity index (χ1v) is 11.6. The third-order valence-electron chi connectivity index (χ3n) is 6.57. The van der Waals surface area contributed by atoms with Gasteiger partial charge in [-0.25, -0.2) is 4.98 Å². The molecule has 2 fully saturated rings. The molecule has 0 bridgehead atoms. The first kappa shape index (κ1) is 20.2. The van der Waals surface area contributed by atoms with E-state index in [1.165, 1.54) is 0 Å². The van der Waals surface area contributed by atoms with Crippen LogP contribution in [0.2, 0.25) is 0 Å². The summed E-state index contributed by atoms with van der Waals surface area (Å²) in [6.45, 7) is 5.15. The Labute approximate surface area is 190 Å². The molecule has 2 aromatic heterocycles. The number of aromatic amines is 2. The molecule has 170 valence electrons. The number of rotatable bonds is 4. The average Bonchev–Trinajstić information content (AvgIpc) is 3.48. The number of hydrogen-bond acceptors (Lipinski definition) is 6. The SMILES string of the molecule is O=C(NC1CCNCC1)c1ccc2[nH]nc(-c3nc4ccc(N5CCOCC5)cc4[nH]3)c2c1. The number of H-pyrrole nitrogens is 2. The number of piperidine rings is 1. The van der Waals surface area contributed by atoms with Crippen LogP contribution < -0.4 is 15.5 Å². The third kappa shape index (κ3) is 3.94. The van der Waals surface area contributed by atoms with Gasteiger partial charge in [-0.2, -0.15) is 5.10 Å². The second-order valence-corrected chi connectivity index (χ2v) is 8.72. The normalized spacial score (nSPS) is 17.6. The van der Waals surface area contributed by atoms with Gasteiger partial charge in [0, 0.05) is 35.8 Å². The molecule has 9 heteroatoms. The molecule has 1 amide bonds. The number of fused-ring (bicyclic) bond motifs is 2. The number of hydrogen-bond donors (Lipinski definition) is 4. The molecule has 0 saturated carbocycles. The number of imidazole rings is 1. The summed E-state index contributed by atoms with van der Waals surface area (Å²) in [5.41, 5.74) is 5.23. The van der Waals surface area contributed by atoms with Crippen LogP contribution >= 0.6 is 0 Å². The number of ether oxygens (including phenoxy) is 1. The Kier molecular flexibility index (Phi) is 5.20. The third-order valence-corrected chi connectivity index (χ3v) is 6.57. The summed E-state index contributed by atoms with van der Waals surface area (Å²) < 4.78 is 5.47. The largest absolute Gasteiger partial charge is 0.378 e. The summed E-state index contributed by atoms with van der Waals surface area (Å²) in [6.07, 6.45) is 1.91. The van der Waals surface area contributed by atoms with Crippen molar-refractivity contribution in [3.05, 3.63) is 42.0 Å². The van der Waals surface area contributed by atoms with Crippen molar-refractivity contribution in [3.8, 4) is 11.5 Å². The van der Waals surface area contributed by atoms with Crippen molar-refractivity contribution in [2.24, 2.45) is 0 Å². The first-order valence-electron chi connectivity index (χ1n) is 11.6. The Bertz CT molecular complexity index is 1300. The number of nitrogens with zero attached hydrogens (tertiary/aromatic N) is 3. The van der Waals surface area contributed by atoms with Crippen LogP contribution in [0.5, 0.6) is 0 Å². The molecular formula is C24H27N7O2. The molecule has 2 aliphatic rings. The maximum absolute atomic E-state index is 12.9. The van der Waals surface area contributed by atoms with Crippen LogP contribution in [0, 0.1) is 0 Å². The van der Waals surface area contributed by atoms with Gasteiger partial charge in [0.25, 0.3) is 5.91 Å². The smallest absolute Gasteiger partial charge is 0.251 e. The van der Waals surface area contributed by atoms with Crippen LogP contribution in [0.25, 0.3) is 33.5 Å². The topological polar surface area (TPSA) is 111 Å². The van der Waals surface area contributed by atoms with Crippen molar-refractivity contribution in [2.45, 2.75) is 18.9 Å². The predicted molar refractivity (Wildman–Crippen MR) is 128 cm³/mol. The highest BCUT2D eigenvalue weighted by atomic mass is 16.5. The van der Waals surface area contributed by atoms with E-state index < -0.39 is 0 Å². The molecule has 2 saturated heterocycles. The first-order chi connectivity index (χ1) is 16.2. The summed E-state index contributed by atoms with van der Waals surface area (Å²) in [5, 5.41) is 14.9. The van der Waals surface area contributed by atoms with Crippen LogP contribution in [0.3, 0.4) is 0 Å². The van der Waals surface area contributed by atoms with Gasteiger partial charge in [-0.3, -0.25) is 9.89 Å². The van der Waals surface area contributed by atoms with E-state index in [9.17, 15) is 4.79 Å². The summed E-state index contributed by atoms with van der Waals surface area (Å²) >= 11 is 0. The lowest BCUT2D eigenvalue weighted by atomic mass is 10.1. The minimum Gasteiger partial charge on any atom is -0.378 e. The van der Waals surface area contributed by atoms with Crippen LogP contribution in [0.15, 0.2) is 36.4 Å². The van der Waals surface area contributed by atoms with Gasteiger partial charge in [0.15, 0.2) is 5.82 Å². The lowest BCUT2D eigenvalue weighted by Gasteiger charge is -2.28. The Morgan fingerprint density at radius 1 is 1.06 bits per heavy atom. The quantitative estimate of drug-likeness (QED) is 0.384. The van der Waals surface area contributed by atoms with Crippen LogP contribution in [0.4, 0.5) is 5.69 Å². The maximum Gasteiger partial charge on any atom is 0.251 e. The molecule has 4 aromatic rings. The van der Waals surface area contributed by atoms with E-state index in [2.05, 4.69) is 42.8 Å². The minimum atomic E-state index is -0.0456. The molecule has 4 N–H and O–H groups in total. The molecule has 33 heavy (non-hydrogen) atoms. The minimum absolute atomic E-state index is 0.0456. The summed E-state index contributed by atoms with van der Waals surface area (Å²) in [6, 6.07) is 12.1. The van der Waals surface area contributed by atoms with Gasteiger partial charge < -0.3 is 25.3 Å². The van der Waals surface area contributed by atoms with E-state index in [1.807, 2.05) is 24.3 Å². The maximum atomic E-state index is 12.9. The van der Waals surface area contributed by atoms with Crippen molar-refractivity contribution < 1.29 is 9.53 Å². The van der Waals surface area contributed by atoms with Gasteiger partial charge in [-0.15, -0.1) is 0 Å². The van der Waals surface area contributed by atoms with Crippen LogP contribution in [0.1, 0.15) is 23.2 Å². The summed E-state index contributed by atoms with van der Waals surface area (Å²) in [4.78, 5) is 23.4. The Balaban J connectivity index is 1.30. The predicted octanol–water partition coefficient (Wildman–Crippen LogP) is 2.42. The molecule has 2 aliphatic heterocycles. The van der Waals surface area contributed by atoms with Crippen LogP contribution in [-0.4, -0.2) is 71.5 Å². The van der Waals surface area contributed by atoms with E-state index in [1.54, 1.807) is 0 Å². The number of nitrogens with one attached hydrogen (secondary N) is 4. The standard InChI is InChI=1S/C24H27N7O2/c32-24(26-16-5-7-25-8-6-16)15-1-3-19-18(13-15)22(30-29-19)23-27-20-4-2-17(14-21(20)28-23)31-9-11-33-12-10-31/h1-4,13-14,16,25H,5-12H2,(H,26,32)(H,27,28)(H,29,30). The molecule has 2 aromatic carbocycles. The Morgan fingerprint density at radius 2 is 1.91 bits per heavy atom. The number of benzene rings is 2. The van der Waals surface area contributed by atoms with Crippen molar-refractivity contribution >= 4 is 33.5 Å². The zero-order valence-electron chi connectivity index (χ0n) is 18.4. The monoisotopic (exact) mass is 445 g/mol. The molecular weight excluding hydrogens is 418 g/mol. The number of morpholine rings is 1. The molecule has 9 nitrogen and oxygen atoms in total. The zero-order valence-corrected chi connectivity index (χ0v) is 18.4. The molecule has 0 atom stereocenters. The fraction of sp³-hybridized carbons (Fsp3) is 0.375. The molecule has 0 unspecified atom stereocenters. The van der Waals surface area contributed by atoms with E-state index in [-0.39, 0.29) is 11.9 Å². The number of carbonyl (C=O) groups excluding carboxylic acids is 1. The second-order valence-electron chi connectivity index (χ2n) is 8.72. The van der Waals surface area contributed by atoms with Gasteiger partial charge in [0.1, 0.15) is 5.69 Å². The highest BCUT2D eigenvalue weighted by molar-refractivity contribution is 6.01. The fourth-order valence-electron chi connectivity index (χ4n) is 4.70. The van der Waals surface area contributed by atoms with Crippen LogP contribution in [-0.2, 0) is 4.74 Å². The van der Waals surface area contributed by atoms with E-state index in [0.29, 0.717) is 17.1 Å². The van der Waals surface area contributed by atoms with Crippen molar-refractivity contribution in [2.75, 3.05) is 44.3 Å². The van der Waals surface area contributed by atoms with Gasteiger partial charge in [0.2, 0.25) is 0 Å². The highest BCUT2D eigenvalue weighted by Gasteiger charge is 2.19. The molecule has 6 rings (SSSR count). The second kappa shape index (κ2) is 8.49. The van der Waals surface area contributed by atoms with Gasteiger partial charge in [-0.1, -0.05) is 0 Å². The fourth-order valence-corrected chi connectivity index (χ4v) is 4.70. The summed E-state index contributed by atoms with van der Waals surface area (Å²) in [5.74, 6) is 0.641. The average molecular weight is 446 g/mol. The van der Waals surface area contributed by atoms with E-state index >= 15 is 0 Å². The van der Waals surface area contributed by atoms with E-state index in [0.717, 1.165) is 79.9 Å². The number of amides is 1. The van der Waals surface area contributed by atoms with Gasteiger partial charge >= 0.3 is 0 Å². The number of anilines is 1. The zero-order chi connectivity index (χ0) is 22.2. The van der Waals surface area contributed by atoms with Gasteiger partial charge in [0.05, 0.1) is 29.8 Å². The number of carbonyl (C=O) groups is 1. The van der Waals surface area contributed by atoms with Gasteiger partial charge in [-0.05, 0) is 62.3 Å². The van der Waals surface area contributed by atoms with Crippen molar-refractivity contribution in [1.29, 1.82) is 0 Å². The van der Waals surface area contributed by atoms with Crippen molar-refractivity contribution in [3.63, 3.8) is 0 Å². The lowest BCUT2D eigenvalue weighted by Crippen LogP contribution is -2.42. The van der Waals surface area contributed by atoms with Crippen molar-refractivity contribution in [1.82, 2.24) is 30.8 Å². The molecule has 0 spiro atoms. The molecule has 0 aliphatic carbocycles. The summed E-state index contributed by atoms with van der Waals surface area (Å²) in [7, 11) is 0. The Morgan fingerprint density at radius 3 is 2.76 bits per heavy atom. The number of aromatic nitrogens is 4. The molecule has 0 radical (unpaired) electrons.